The minimum Gasteiger partial charge on any atom is -0.497 e. The number of rotatable bonds is 6. The number of methoxy groups -OCH3 is 1. The molecule has 0 aliphatic rings. The third-order valence-corrected chi connectivity index (χ3v) is 5.08. The van der Waals surface area contributed by atoms with Crippen LogP contribution in [0.5, 0.6) is 5.75 Å². The third kappa shape index (κ3) is 3.77. The first-order chi connectivity index (χ1) is 12.5. The molecule has 0 saturated carbocycles. The molecule has 2 heterocycles. The predicted molar refractivity (Wildman–Crippen MR) is 103 cm³/mol. The highest BCUT2D eigenvalue weighted by Gasteiger charge is 2.18. The van der Waals surface area contributed by atoms with Crippen molar-refractivity contribution in [2.45, 2.75) is 26.9 Å². The molecule has 0 fully saturated rings. The Hall–Kier alpha value is -2.67. The SMILES string of the molecule is CCn1cc(CN(C)C(=O)c2csc(-c3ccc(OC)cc3)n2)c(C)n1. The summed E-state index contributed by atoms with van der Waals surface area (Å²) >= 11 is 1.46. The highest BCUT2D eigenvalue weighted by molar-refractivity contribution is 7.13. The maximum absolute atomic E-state index is 12.7. The zero-order valence-electron chi connectivity index (χ0n) is 15.4. The molecule has 1 amide bonds. The van der Waals surface area contributed by atoms with Crippen LogP contribution in [0.15, 0.2) is 35.8 Å². The zero-order chi connectivity index (χ0) is 18.7. The van der Waals surface area contributed by atoms with Gasteiger partial charge in [0.1, 0.15) is 16.5 Å². The Morgan fingerprint density at radius 2 is 2.04 bits per heavy atom. The van der Waals surface area contributed by atoms with Gasteiger partial charge in [-0.15, -0.1) is 11.3 Å². The number of thiazole rings is 1. The van der Waals surface area contributed by atoms with E-state index in [-0.39, 0.29) is 5.91 Å². The Morgan fingerprint density at radius 1 is 1.31 bits per heavy atom. The Labute approximate surface area is 157 Å². The number of carbonyl (C=O) groups excluding carboxylic acids is 1. The molecular formula is C19H22N4O2S. The van der Waals surface area contributed by atoms with E-state index in [1.54, 1.807) is 24.4 Å². The van der Waals surface area contributed by atoms with E-state index in [4.69, 9.17) is 4.74 Å². The second kappa shape index (κ2) is 7.70. The molecule has 3 aromatic rings. The fourth-order valence-corrected chi connectivity index (χ4v) is 3.44. The average molecular weight is 370 g/mol. The van der Waals surface area contributed by atoms with Crippen LogP contribution in [0.25, 0.3) is 10.6 Å². The number of hydrogen-bond donors (Lipinski definition) is 0. The standard InChI is InChI=1S/C19H22N4O2S/c1-5-23-11-15(13(2)21-23)10-22(3)19(24)17-12-26-18(20-17)14-6-8-16(25-4)9-7-14/h6-9,11-12H,5,10H2,1-4H3. The molecule has 0 spiro atoms. The van der Waals surface area contributed by atoms with Crippen LogP contribution in [0.3, 0.4) is 0 Å². The highest BCUT2D eigenvalue weighted by atomic mass is 32.1. The summed E-state index contributed by atoms with van der Waals surface area (Å²) in [5.41, 5.74) is 3.43. The lowest BCUT2D eigenvalue weighted by Gasteiger charge is -2.15. The number of ether oxygens (including phenoxy) is 1. The molecule has 0 radical (unpaired) electrons. The summed E-state index contributed by atoms with van der Waals surface area (Å²) in [6, 6.07) is 7.66. The molecule has 0 unspecified atom stereocenters. The fourth-order valence-electron chi connectivity index (χ4n) is 2.64. The molecule has 6 nitrogen and oxygen atoms in total. The number of hydrogen-bond acceptors (Lipinski definition) is 5. The van der Waals surface area contributed by atoms with E-state index in [9.17, 15) is 4.79 Å². The second-order valence-electron chi connectivity index (χ2n) is 6.02. The van der Waals surface area contributed by atoms with Gasteiger partial charge in [-0.1, -0.05) is 0 Å². The monoisotopic (exact) mass is 370 g/mol. The fraction of sp³-hybridized carbons (Fsp3) is 0.316. The van der Waals surface area contributed by atoms with Crippen LogP contribution in [-0.4, -0.2) is 39.7 Å². The first-order valence-corrected chi connectivity index (χ1v) is 9.28. The van der Waals surface area contributed by atoms with Gasteiger partial charge in [-0.05, 0) is 38.1 Å². The van der Waals surface area contributed by atoms with Crippen LogP contribution >= 0.6 is 11.3 Å². The van der Waals surface area contributed by atoms with E-state index >= 15 is 0 Å². The molecule has 1 aromatic carbocycles. The lowest BCUT2D eigenvalue weighted by Crippen LogP contribution is -2.26. The lowest BCUT2D eigenvalue weighted by atomic mass is 10.2. The van der Waals surface area contributed by atoms with Gasteiger partial charge in [-0.3, -0.25) is 9.48 Å². The van der Waals surface area contributed by atoms with Gasteiger partial charge in [0.05, 0.1) is 12.8 Å². The van der Waals surface area contributed by atoms with E-state index in [0.29, 0.717) is 12.2 Å². The molecule has 0 aliphatic carbocycles. The van der Waals surface area contributed by atoms with Gasteiger partial charge < -0.3 is 9.64 Å². The van der Waals surface area contributed by atoms with Gasteiger partial charge in [-0.2, -0.15) is 5.10 Å². The summed E-state index contributed by atoms with van der Waals surface area (Å²) < 4.78 is 7.05. The first kappa shape index (κ1) is 18.1. The van der Waals surface area contributed by atoms with Crippen LogP contribution in [0.2, 0.25) is 0 Å². The summed E-state index contributed by atoms with van der Waals surface area (Å²) in [6.07, 6.45) is 1.99. The Balaban J connectivity index is 1.73. The van der Waals surface area contributed by atoms with E-state index in [0.717, 1.165) is 34.1 Å². The summed E-state index contributed by atoms with van der Waals surface area (Å²) in [4.78, 5) is 18.9. The van der Waals surface area contributed by atoms with Gasteiger partial charge in [0, 0.05) is 42.8 Å². The van der Waals surface area contributed by atoms with Gasteiger partial charge in [-0.25, -0.2) is 4.98 Å². The van der Waals surface area contributed by atoms with Crippen molar-refractivity contribution in [1.29, 1.82) is 0 Å². The van der Waals surface area contributed by atoms with E-state index in [1.807, 2.05) is 49.0 Å². The molecule has 2 aromatic heterocycles. The third-order valence-electron chi connectivity index (χ3n) is 4.19. The van der Waals surface area contributed by atoms with Crippen LogP contribution in [0.1, 0.15) is 28.7 Å². The molecule has 26 heavy (non-hydrogen) atoms. The second-order valence-corrected chi connectivity index (χ2v) is 6.88. The highest BCUT2D eigenvalue weighted by Crippen LogP contribution is 2.26. The Morgan fingerprint density at radius 3 is 2.65 bits per heavy atom. The van der Waals surface area contributed by atoms with Crippen molar-refractivity contribution in [2.24, 2.45) is 0 Å². The van der Waals surface area contributed by atoms with Crippen molar-refractivity contribution in [1.82, 2.24) is 19.7 Å². The minimum atomic E-state index is -0.0929. The molecule has 0 N–H and O–H groups in total. The quantitative estimate of drug-likeness (QED) is 0.665. The van der Waals surface area contributed by atoms with E-state index in [2.05, 4.69) is 10.1 Å². The van der Waals surface area contributed by atoms with E-state index in [1.165, 1.54) is 11.3 Å². The van der Waals surface area contributed by atoms with E-state index < -0.39 is 0 Å². The first-order valence-electron chi connectivity index (χ1n) is 8.40. The number of carbonyl (C=O) groups is 1. The smallest absolute Gasteiger partial charge is 0.273 e. The van der Waals surface area contributed by atoms with Gasteiger partial charge >= 0.3 is 0 Å². The maximum Gasteiger partial charge on any atom is 0.273 e. The lowest BCUT2D eigenvalue weighted by molar-refractivity contribution is 0.0780. The summed E-state index contributed by atoms with van der Waals surface area (Å²) in [6.45, 7) is 5.33. The maximum atomic E-state index is 12.7. The number of aryl methyl sites for hydroxylation is 2. The number of aromatic nitrogens is 3. The molecule has 3 rings (SSSR count). The van der Waals surface area contributed by atoms with Crippen LogP contribution < -0.4 is 4.74 Å². The summed E-state index contributed by atoms with van der Waals surface area (Å²) in [7, 11) is 3.43. The number of amides is 1. The molecule has 0 atom stereocenters. The van der Waals surface area contributed by atoms with Gasteiger partial charge in [0.25, 0.3) is 5.91 Å². The van der Waals surface area contributed by atoms with Crippen molar-refractivity contribution in [3.63, 3.8) is 0 Å². The molecular weight excluding hydrogens is 348 g/mol. The topological polar surface area (TPSA) is 60.2 Å². The average Bonchev–Trinajstić information content (AvgIpc) is 3.28. The zero-order valence-corrected chi connectivity index (χ0v) is 16.2. The Bertz CT molecular complexity index is 899. The normalized spacial score (nSPS) is 10.8. The van der Waals surface area contributed by atoms with Gasteiger partial charge in [0.15, 0.2) is 0 Å². The van der Waals surface area contributed by atoms with Crippen LogP contribution in [0, 0.1) is 6.92 Å². The summed E-state index contributed by atoms with van der Waals surface area (Å²) in [5, 5.41) is 7.05. The summed E-state index contributed by atoms with van der Waals surface area (Å²) in [5.74, 6) is 0.703. The van der Waals surface area contributed by atoms with Crippen molar-refractivity contribution in [2.75, 3.05) is 14.2 Å². The minimum absolute atomic E-state index is 0.0929. The van der Waals surface area contributed by atoms with Crippen LogP contribution in [-0.2, 0) is 13.1 Å². The van der Waals surface area contributed by atoms with Gasteiger partial charge in [0.2, 0.25) is 0 Å². The van der Waals surface area contributed by atoms with Crippen molar-refractivity contribution >= 4 is 17.2 Å². The number of nitrogens with zero attached hydrogens (tertiary/aromatic N) is 4. The molecule has 7 heteroatoms. The molecule has 136 valence electrons. The molecule has 0 aliphatic heterocycles. The molecule has 0 bridgehead atoms. The van der Waals surface area contributed by atoms with Crippen LogP contribution in [0.4, 0.5) is 0 Å². The largest absolute Gasteiger partial charge is 0.497 e. The van der Waals surface area contributed by atoms with Crippen molar-refractivity contribution in [3.8, 4) is 16.3 Å². The van der Waals surface area contributed by atoms with Crippen molar-refractivity contribution < 1.29 is 9.53 Å². The predicted octanol–water partition coefficient (Wildman–Crippen LogP) is 3.62. The number of benzene rings is 1. The molecule has 0 saturated heterocycles. The Kier molecular flexibility index (Phi) is 5.37. The van der Waals surface area contributed by atoms with Crippen molar-refractivity contribution in [3.05, 3.63) is 52.8 Å².